The number of nitrogens with zero attached hydrogens (tertiary/aromatic N) is 2. The van der Waals surface area contributed by atoms with Crippen molar-refractivity contribution in [3.63, 3.8) is 0 Å². The van der Waals surface area contributed by atoms with Crippen molar-refractivity contribution in [1.29, 1.82) is 0 Å². The van der Waals surface area contributed by atoms with Gasteiger partial charge in [0.1, 0.15) is 5.82 Å². The number of carboxylic acid groups (broad SMARTS) is 1. The van der Waals surface area contributed by atoms with Gasteiger partial charge in [-0.1, -0.05) is 6.92 Å². The molecule has 2 heterocycles. The van der Waals surface area contributed by atoms with Crippen LogP contribution < -0.4 is 4.74 Å². The lowest BCUT2D eigenvalue weighted by atomic mass is 10.1. The molecule has 0 radical (unpaired) electrons. The summed E-state index contributed by atoms with van der Waals surface area (Å²) in [6.45, 7) is 2.51. The number of rotatable bonds is 4. The Bertz CT molecular complexity index is 447. The molecule has 0 bridgehead atoms. The molecule has 1 aliphatic heterocycles. The Hall–Kier alpha value is -1.69. The molecule has 0 spiro atoms. The van der Waals surface area contributed by atoms with Gasteiger partial charge in [-0.15, -0.1) is 0 Å². The number of aromatic nitrogens is 2. The monoisotopic (exact) mass is 238 g/mol. The van der Waals surface area contributed by atoms with Crippen LogP contribution in [-0.2, 0) is 29.2 Å². The summed E-state index contributed by atoms with van der Waals surface area (Å²) in [6.07, 6.45) is 0.291. The number of methoxy groups -OCH3 is 1. The maximum Gasteiger partial charge on any atom is 0.306 e. The van der Waals surface area contributed by atoms with Gasteiger partial charge in [0.25, 0.3) is 0 Å². The number of carbonyl (C=O) groups is 1. The molecule has 1 atom stereocenters. The zero-order valence-electron chi connectivity index (χ0n) is 9.77. The van der Waals surface area contributed by atoms with Crippen molar-refractivity contribution in [3.05, 3.63) is 17.1 Å². The number of fused-ring (bicyclic) bond motifs is 1. The first-order chi connectivity index (χ1) is 8.11. The van der Waals surface area contributed by atoms with Crippen LogP contribution in [0.15, 0.2) is 0 Å². The van der Waals surface area contributed by atoms with Crippen LogP contribution in [0, 0.1) is 5.92 Å². The lowest BCUT2D eigenvalue weighted by Crippen LogP contribution is -2.15. The number of aliphatic carboxylic acids is 1. The van der Waals surface area contributed by atoms with Gasteiger partial charge in [0.15, 0.2) is 0 Å². The van der Waals surface area contributed by atoms with Crippen LogP contribution in [0.3, 0.4) is 0 Å². The third-order valence-electron chi connectivity index (χ3n) is 2.69. The van der Waals surface area contributed by atoms with E-state index in [4.69, 9.17) is 14.6 Å². The second kappa shape index (κ2) is 4.67. The molecule has 1 N–H and O–H groups in total. The van der Waals surface area contributed by atoms with E-state index >= 15 is 0 Å². The van der Waals surface area contributed by atoms with E-state index in [2.05, 4.69) is 9.97 Å². The van der Waals surface area contributed by atoms with Gasteiger partial charge < -0.3 is 14.6 Å². The predicted octanol–water partition coefficient (Wildman–Crippen LogP) is 0.779. The van der Waals surface area contributed by atoms with Gasteiger partial charge in [0.05, 0.1) is 37.5 Å². The topological polar surface area (TPSA) is 81.5 Å². The van der Waals surface area contributed by atoms with Gasteiger partial charge in [0, 0.05) is 6.42 Å². The van der Waals surface area contributed by atoms with Gasteiger partial charge in [0.2, 0.25) is 5.88 Å². The predicted molar refractivity (Wildman–Crippen MR) is 57.6 cm³/mol. The average Bonchev–Trinajstić information content (AvgIpc) is 2.75. The molecule has 0 amide bonds. The number of ether oxygens (including phenoxy) is 2. The maximum atomic E-state index is 10.8. The molecule has 0 fully saturated rings. The van der Waals surface area contributed by atoms with Crippen molar-refractivity contribution < 1.29 is 19.4 Å². The van der Waals surface area contributed by atoms with Crippen LogP contribution in [0.4, 0.5) is 0 Å². The molecular formula is C11H14N2O4. The van der Waals surface area contributed by atoms with Crippen LogP contribution in [0.2, 0.25) is 0 Å². The third-order valence-corrected chi connectivity index (χ3v) is 2.69. The SMILES string of the molecule is COc1nc(CC(C)C(=O)O)nc2c1COC2. The van der Waals surface area contributed by atoms with E-state index < -0.39 is 11.9 Å². The lowest BCUT2D eigenvalue weighted by molar-refractivity contribution is -0.141. The number of hydrogen-bond acceptors (Lipinski definition) is 5. The molecule has 17 heavy (non-hydrogen) atoms. The standard InChI is InChI=1S/C11H14N2O4/c1-6(11(14)15)3-9-12-8-5-17-4-7(8)10(13-9)16-2/h6H,3-5H2,1-2H3,(H,14,15). The van der Waals surface area contributed by atoms with Crippen molar-refractivity contribution in [2.45, 2.75) is 26.6 Å². The average molecular weight is 238 g/mol. The second-order valence-electron chi connectivity index (χ2n) is 4.01. The lowest BCUT2D eigenvalue weighted by Gasteiger charge is -2.09. The van der Waals surface area contributed by atoms with E-state index in [1.165, 1.54) is 7.11 Å². The zero-order valence-corrected chi connectivity index (χ0v) is 9.77. The Kier molecular flexibility index (Phi) is 3.23. The quantitative estimate of drug-likeness (QED) is 0.834. The highest BCUT2D eigenvalue weighted by Crippen LogP contribution is 2.26. The van der Waals surface area contributed by atoms with Gasteiger partial charge in [-0.2, -0.15) is 4.98 Å². The Morgan fingerprint density at radius 2 is 2.29 bits per heavy atom. The summed E-state index contributed by atoms with van der Waals surface area (Å²) in [5, 5.41) is 8.85. The summed E-state index contributed by atoms with van der Waals surface area (Å²) in [6, 6.07) is 0. The first-order valence-electron chi connectivity index (χ1n) is 5.35. The van der Waals surface area contributed by atoms with Gasteiger partial charge >= 0.3 is 5.97 Å². The summed E-state index contributed by atoms with van der Waals surface area (Å²) in [4.78, 5) is 19.3. The Morgan fingerprint density at radius 1 is 1.53 bits per heavy atom. The minimum Gasteiger partial charge on any atom is -0.481 e. The van der Waals surface area contributed by atoms with Crippen LogP contribution in [0.1, 0.15) is 24.0 Å². The molecule has 2 rings (SSSR count). The molecule has 1 aromatic heterocycles. The number of carboxylic acids is 1. The molecule has 92 valence electrons. The number of hydrogen-bond donors (Lipinski definition) is 1. The first kappa shape index (κ1) is 11.8. The van der Waals surface area contributed by atoms with E-state index in [9.17, 15) is 4.79 Å². The maximum absolute atomic E-state index is 10.8. The van der Waals surface area contributed by atoms with E-state index in [1.54, 1.807) is 6.92 Å². The normalized spacial score (nSPS) is 15.4. The van der Waals surface area contributed by atoms with Crippen molar-refractivity contribution in [2.75, 3.05) is 7.11 Å². The summed E-state index contributed by atoms with van der Waals surface area (Å²) < 4.78 is 10.4. The summed E-state index contributed by atoms with van der Waals surface area (Å²) in [5.74, 6) is -0.398. The minimum absolute atomic E-state index is 0.291. The Balaban J connectivity index is 2.27. The van der Waals surface area contributed by atoms with Crippen LogP contribution in [-0.4, -0.2) is 28.2 Å². The molecule has 0 saturated carbocycles. The van der Waals surface area contributed by atoms with Crippen LogP contribution >= 0.6 is 0 Å². The summed E-state index contributed by atoms with van der Waals surface area (Å²) >= 11 is 0. The Morgan fingerprint density at radius 3 is 2.94 bits per heavy atom. The van der Waals surface area contributed by atoms with E-state index in [0.29, 0.717) is 31.3 Å². The molecule has 6 nitrogen and oxygen atoms in total. The van der Waals surface area contributed by atoms with E-state index in [-0.39, 0.29) is 0 Å². The molecule has 0 aliphatic carbocycles. The summed E-state index contributed by atoms with van der Waals surface area (Å²) in [5.41, 5.74) is 1.66. The van der Waals surface area contributed by atoms with E-state index in [1.807, 2.05) is 0 Å². The fourth-order valence-electron chi connectivity index (χ4n) is 1.69. The van der Waals surface area contributed by atoms with Gasteiger partial charge in [-0.25, -0.2) is 4.98 Å². The van der Waals surface area contributed by atoms with Crippen molar-refractivity contribution in [1.82, 2.24) is 9.97 Å². The molecule has 0 aromatic carbocycles. The molecule has 1 aliphatic rings. The highest BCUT2D eigenvalue weighted by Gasteiger charge is 2.22. The highest BCUT2D eigenvalue weighted by atomic mass is 16.5. The molecule has 0 saturated heterocycles. The second-order valence-corrected chi connectivity index (χ2v) is 4.01. The first-order valence-corrected chi connectivity index (χ1v) is 5.35. The van der Waals surface area contributed by atoms with Crippen molar-refractivity contribution in [2.24, 2.45) is 5.92 Å². The van der Waals surface area contributed by atoms with Gasteiger partial charge in [-0.3, -0.25) is 4.79 Å². The largest absolute Gasteiger partial charge is 0.481 e. The van der Waals surface area contributed by atoms with Gasteiger partial charge in [-0.05, 0) is 0 Å². The van der Waals surface area contributed by atoms with Crippen molar-refractivity contribution >= 4 is 5.97 Å². The fourth-order valence-corrected chi connectivity index (χ4v) is 1.69. The smallest absolute Gasteiger partial charge is 0.306 e. The Labute approximate surface area is 98.6 Å². The third kappa shape index (κ3) is 2.36. The summed E-state index contributed by atoms with van der Waals surface area (Å²) in [7, 11) is 1.53. The highest BCUT2D eigenvalue weighted by molar-refractivity contribution is 5.69. The molecule has 1 unspecified atom stereocenters. The molecular weight excluding hydrogens is 224 g/mol. The van der Waals surface area contributed by atoms with Crippen molar-refractivity contribution in [3.8, 4) is 5.88 Å². The van der Waals surface area contributed by atoms with Crippen LogP contribution in [0.25, 0.3) is 0 Å². The van der Waals surface area contributed by atoms with E-state index in [0.717, 1.165) is 11.3 Å². The van der Waals surface area contributed by atoms with Crippen LogP contribution in [0.5, 0.6) is 5.88 Å². The zero-order chi connectivity index (χ0) is 12.4. The molecule has 6 heteroatoms. The molecule has 1 aromatic rings. The fraction of sp³-hybridized carbons (Fsp3) is 0.545. The minimum atomic E-state index is -0.857.